The molecular formula is C63H96N2O5. The number of ether oxygens (including phenoxy) is 2. The molecule has 10 fully saturated rings. The lowest BCUT2D eigenvalue weighted by Crippen LogP contribution is -2.80. The summed E-state index contributed by atoms with van der Waals surface area (Å²) in [6.45, 7) is 31.0. The highest BCUT2D eigenvalue weighted by molar-refractivity contribution is 5.82. The van der Waals surface area contributed by atoms with Crippen LogP contribution < -0.4 is 9.47 Å². The van der Waals surface area contributed by atoms with E-state index in [2.05, 4.69) is 131 Å². The van der Waals surface area contributed by atoms with Crippen LogP contribution in [0.4, 0.5) is 0 Å². The Hall–Kier alpha value is -2.61. The van der Waals surface area contributed by atoms with Crippen LogP contribution in [-0.2, 0) is 28.5 Å². The van der Waals surface area contributed by atoms with Crippen molar-refractivity contribution in [3.63, 3.8) is 0 Å². The van der Waals surface area contributed by atoms with Crippen molar-refractivity contribution >= 4 is 5.91 Å². The van der Waals surface area contributed by atoms with E-state index in [1.54, 1.807) is 5.56 Å². The van der Waals surface area contributed by atoms with E-state index in [0.29, 0.717) is 11.9 Å². The summed E-state index contributed by atoms with van der Waals surface area (Å²) in [7, 11) is 2.34. The molecule has 4 heterocycles. The summed E-state index contributed by atoms with van der Waals surface area (Å²) in [6.07, 6.45) is 16.5. The minimum Gasteiger partial charge on any atom is -0.488 e. The summed E-state index contributed by atoms with van der Waals surface area (Å²) in [4.78, 5) is 18.6. The number of rotatable bonds is 3. The van der Waals surface area contributed by atoms with E-state index in [-0.39, 0.29) is 94.2 Å². The molecule has 2 aromatic rings. The maximum atomic E-state index is 13.6. The molecule has 8 saturated carbocycles. The van der Waals surface area contributed by atoms with E-state index >= 15 is 0 Å². The highest BCUT2D eigenvalue weighted by Gasteiger charge is 2.82. The molecule has 0 unspecified atom stereocenters. The molecule has 10 aliphatic carbocycles. The predicted octanol–water partition coefficient (Wildman–Crippen LogP) is 12.7. The fraction of sp³-hybridized carbons (Fsp3) is 0.794. The zero-order valence-corrected chi connectivity index (χ0v) is 44.8. The largest absolute Gasteiger partial charge is 0.488 e. The molecule has 7 nitrogen and oxygen atoms in total. The van der Waals surface area contributed by atoms with Crippen molar-refractivity contribution in [2.75, 3.05) is 20.1 Å². The number of piperidine rings is 2. The van der Waals surface area contributed by atoms with Gasteiger partial charge in [0.2, 0.25) is 5.91 Å². The normalized spacial score (nSPS) is 42.1. The van der Waals surface area contributed by atoms with E-state index in [0.717, 1.165) is 82.5 Å². The Kier molecular flexibility index (Phi) is 11.1. The van der Waals surface area contributed by atoms with E-state index < -0.39 is 11.2 Å². The van der Waals surface area contributed by atoms with Crippen molar-refractivity contribution in [2.24, 2.45) is 56.2 Å². The van der Waals surface area contributed by atoms with Gasteiger partial charge in [-0.15, -0.1) is 0 Å². The summed E-state index contributed by atoms with van der Waals surface area (Å²) in [5, 5.41) is 24.2. The Bertz CT molecular complexity index is 2470. The number of carbonyl (C=O) groups is 1. The van der Waals surface area contributed by atoms with E-state index in [1.165, 1.54) is 65.7 Å². The van der Waals surface area contributed by atoms with Crippen molar-refractivity contribution in [3.05, 3.63) is 57.6 Å². The Labute approximate surface area is 425 Å². The van der Waals surface area contributed by atoms with Crippen LogP contribution in [0.2, 0.25) is 0 Å². The lowest BCUT2D eigenvalue weighted by atomic mass is 9.31. The molecule has 0 aromatic heterocycles. The molecule has 7 heteroatoms. The minimum atomic E-state index is -0.816. The van der Waals surface area contributed by atoms with Crippen LogP contribution in [0.3, 0.4) is 0 Å². The molecular weight excluding hydrogens is 865 g/mol. The molecule has 2 aromatic carbocycles. The van der Waals surface area contributed by atoms with Crippen LogP contribution in [-0.4, -0.2) is 81.6 Å². The Balaban J connectivity index is 0.000000147. The zero-order chi connectivity index (χ0) is 48.5. The van der Waals surface area contributed by atoms with Gasteiger partial charge in [0.25, 0.3) is 0 Å². The molecule has 2 saturated heterocycles. The number of hydrogen-bond donors (Lipinski definition) is 2. The van der Waals surface area contributed by atoms with Gasteiger partial charge in [-0.2, -0.15) is 0 Å². The zero-order valence-electron chi connectivity index (χ0n) is 44.8. The van der Waals surface area contributed by atoms with Crippen molar-refractivity contribution in [3.8, 4) is 11.5 Å². The summed E-state index contributed by atoms with van der Waals surface area (Å²) in [6, 6.07) is 10.0. The Morgan fingerprint density at radius 1 is 0.629 bits per heavy atom. The van der Waals surface area contributed by atoms with E-state index in [9.17, 15) is 15.0 Å². The van der Waals surface area contributed by atoms with Crippen LogP contribution in [0.5, 0.6) is 11.5 Å². The maximum absolute atomic E-state index is 13.6. The number of aliphatic hydroxyl groups is 2. The van der Waals surface area contributed by atoms with Crippen LogP contribution in [0.1, 0.15) is 201 Å². The summed E-state index contributed by atoms with van der Waals surface area (Å²) >= 11 is 0. The van der Waals surface area contributed by atoms with Crippen LogP contribution in [0.25, 0.3) is 0 Å². The summed E-state index contributed by atoms with van der Waals surface area (Å²) < 4.78 is 14.2. The SMILES string of the molecule is C.C.CC1CC1.Cc1ccc2c3c1O[C@H]1[C@@]4(C)CC[C@@]5(C[C@@H]4[C@](C)(O)C(C)(C)C)[C@@H](C2)N(C(=O)C2CC2)CC[C@]315.Cc1ccc2c3c1O[C@H]1[C@@]4(C)CC[C@@]5(C[C@@H]4[C@](C)(O)C(C)(C)C)[C@@H](C2)N(C)CC[C@]315. The minimum absolute atomic E-state index is 0. The van der Waals surface area contributed by atoms with Crippen molar-refractivity contribution in [1.29, 1.82) is 0 Å². The Morgan fingerprint density at radius 3 is 1.46 bits per heavy atom. The highest BCUT2D eigenvalue weighted by Crippen LogP contribution is 2.81. The number of amides is 1. The van der Waals surface area contributed by atoms with Gasteiger partial charge in [0.1, 0.15) is 23.7 Å². The molecule has 4 spiro atoms. The number of hydrogen-bond acceptors (Lipinski definition) is 6. The molecule has 4 aliphatic heterocycles. The average molecular weight is 961 g/mol. The van der Waals surface area contributed by atoms with E-state index in [4.69, 9.17) is 9.47 Å². The van der Waals surface area contributed by atoms with Crippen LogP contribution in [0.15, 0.2) is 24.3 Å². The number of likely N-dealkylation sites (N-methyl/N-ethyl adjacent to an activating group) is 1. The van der Waals surface area contributed by atoms with Gasteiger partial charge in [0.05, 0.1) is 11.2 Å². The molecule has 16 rings (SSSR count). The maximum Gasteiger partial charge on any atom is 0.225 e. The molecule has 1 amide bonds. The molecule has 14 atom stereocenters. The Morgan fingerprint density at radius 2 is 1.04 bits per heavy atom. The quantitative estimate of drug-likeness (QED) is 0.319. The van der Waals surface area contributed by atoms with Gasteiger partial charge in [-0.1, -0.05) is 114 Å². The smallest absolute Gasteiger partial charge is 0.225 e. The van der Waals surface area contributed by atoms with Crippen LogP contribution in [0, 0.1) is 70.0 Å². The van der Waals surface area contributed by atoms with Crippen molar-refractivity contribution < 1.29 is 24.5 Å². The first-order chi connectivity index (χ1) is 31.7. The lowest BCUT2D eigenvalue weighted by molar-refractivity contribution is -0.274. The first-order valence-corrected chi connectivity index (χ1v) is 27.7. The monoisotopic (exact) mass is 961 g/mol. The molecule has 388 valence electrons. The van der Waals surface area contributed by atoms with Gasteiger partial charge in [-0.3, -0.25) is 4.79 Å². The third-order valence-corrected chi connectivity index (χ3v) is 24.1. The standard InChI is InChI=1S/C30H41NO3.C27H39NO2.C4H8.2CH4/c1-17-7-8-19-15-21-29-12-11-27(5,20(16-29)28(6,33)26(2,3)4)25-30(29,22(19)23(17)34-25)13-14-31(21)24(32)18-9-10-18;1-16-8-9-17-14-19-26-11-10-24(5,18(15-26)25(6,29)23(2,3)4)22-27(26,12-13-28(19)7)20(17)21(16)30-22;1-4-2-3-4;;/h7-8,18,20-21,25,33H,9-16H2,1-6H3;8-9,18-19,22,29H,10-15H2,1-7H3;4H,2-3H2,1H3;2*1H4/t20-,21+,25-,27-,28-,29+,30-;18-,19+,22-,24-,25-,26+,27-;;;/m00.../s1. The molecule has 14 aliphatic rings. The fourth-order valence-corrected chi connectivity index (χ4v) is 19.0. The topological polar surface area (TPSA) is 82.5 Å². The van der Waals surface area contributed by atoms with Crippen LogP contribution >= 0.6 is 0 Å². The highest BCUT2D eigenvalue weighted by atomic mass is 16.5. The van der Waals surface area contributed by atoms with Crippen molar-refractivity contribution in [1.82, 2.24) is 9.80 Å². The van der Waals surface area contributed by atoms with E-state index in [1.807, 2.05) is 0 Å². The molecule has 2 N–H and O–H groups in total. The van der Waals surface area contributed by atoms with Gasteiger partial charge in [-0.05, 0) is 169 Å². The fourth-order valence-electron chi connectivity index (χ4n) is 19.0. The van der Waals surface area contributed by atoms with Gasteiger partial charge < -0.3 is 29.5 Å². The lowest BCUT2D eigenvalue weighted by Gasteiger charge is -2.75. The van der Waals surface area contributed by atoms with Gasteiger partial charge in [-0.25, -0.2) is 0 Å². The van der Waals surface area contributed by atoms with Gasteiger partial charge in [0, 0.05) is 68.2 Å². The number of aryl methyl sites for hydroxylation is 2. The third-order valence-electron chi connectivity index (χ3n) is 24.1. The number of fused-ring (bicyclic) bond motifs is 4. The number of carbonyl (C=O) groups excluding carboxylic acids is 1. The molecule has 70 heavy (non-hydrogen) atoms. The first-order valence-electron chi connectivity index (χ1n) is 27.7. The molecule has 0 radical (unpaired) electrons. The number of nitrogens with zero attached hydrogens (tertiary/aromatic N) is 2. The predicted molar refractivity (Wildman–Crippen MR) is 284 cm³/mol. The number of likely N-dealkylation sites (tertiary alicyclic amines) is 2. The second-order valence-corrected chi connectivity index (χ2v) is 29.0. The number of benzene rings is 2. The second-order valence-electron chi connectivity index (χ2n) is 29.0. The first kappa shape index (κ1) is 50.9. The second kappa shape index (κ2) is 15.3. The average Bonchev–Trinajstić information content (AvgIpc) is 4.20. The summed E-state index contributed by atoms with van der Waals surface area (Å²) in [5.41, 5.74) is 6.86. The summed E-state index contributed by atoms with van der Waals surface area (Å²) in [5.74, 6) is 4.47. The van der Waals surface area contributed by atoms with Gasteiger partial charge >= 0.3 is 0 Å². The van der Waals surface area contributed by atoms with Crippen molar-refractivity contribution in [2.45, 2.75) is 241 Å². The van der Waals surface area contributed by atoms with Gasteiger partial charge in [0.15, 0.2) is 0 Å². The third kappa shape index (κ3) is 5.95. The molecule has 8 bridgehead atoms.